The van der Waals surface area contributed by atoms with Gasteiger partial charge in [0.25, 0.3) is 0 Å². The summed E-state index contributed by atoms with van der Waals surface area (Å²) in [5, 5.41) is 7.50. The summed E-state index contributed by atoms with van der Waals surface area (Å²) in [5.41, 5.74) is 11.3. The molecule has 5 heteroatoms. The Hall–Kier alpha value is -6.85. The third kappa shape index (κ3) is 4.00. The molecule has 0 aliphatic rings. The van der Waals surface area contributed by atoms with E-state index in [2.05, 4.69) is 113 Å². The zero-order valence-electron chi connectivity index (χ0n) is 27.7. The van der Waals surface area contributed by atoms with Crippen molar-refractivity contribution < 1.29 is 0 Å². The molecule has 0 aliphatic carbocycles. The van der Waals surface area contributed by atoms with Crippen LogP contribution in [-0.4, -0.2) is 23.9 Å². The van der Waals surface area contributed by atoms with Crippen molar-refractivity contribution in [1.29, 1.82) is 0 Å². The molecular formula is C46H29N5. The molecule has 0 radical (unpaired) electrons. The molecule has 11 rings (SSSR count). The van der Waals surface area contributed by atoms with E-state index in [0.29, 0.717) is 17.5 Å². The van der Waals surface area contributed by atoms with Crippen LogP contribution in [0.15, 0.2) is 158 Å². The second-order valence-corrected chi connectivity index (χ2v) is 13.3. The van der Waals surface area contributed by atoms with E-state index in [-0.39, 0.29) is 0 Å². The molecule has 5 nitrogen and oxygen atoms in total. The number of hydrogen-bond acceptors (Lipinski definition) is 3. The van der Waals surface area contributed by atoms with Crippen LogP contribution in [-0.2, 0) is 0 Å². The third-order valence-electron chi connectivity index (χ3n) is 10.5. The summed E-state index contributed by atoms with van der Waals surface area (Å²) in [7, 11) is 0. The van der Waals surface area contributed by atoms with E-state index in [9.17, 15) is 0 Å². The van der Waals surface area contributed by atoms with E-state index < -0.39 is 0 Å². The van der Waals surface area contributed by atoms with Crippen molar-refractivity contribution >= 4 is 59.9 Å². The lowest BCUT2D eigenvalue weighted by Crippen LogP contribution is -2.00. The number of hydrogen-bond donors (Lipinski definition) is 0. The summed E-state index contributed by atoms with van der Waals surface area (Å²) in [6.45, 7) is 2.28. The van der Waals surface area contributed by atoms with Crippen molar-refractivity contribution in [3.05, 3.63) is 163 Å². The predicted molar refractivity (Wildman–Crippen MR) is 210 cm³/mol. The fourth-order valence-electron chi connectivity index (χ4n) is 8.21. The maximum Gasteiger partial charge on any atom is 0.164 e. The standard InChI is InChI=1S/C46H29N5/c1-28-40(50-37-21-11-8-18-32(37)33-19-9-12-22-38(33)50)27-36-34-20-10-13-23-39(34)51-41-26-31(24-25-35(41)42(28)43(36)51)46-48-44(29-14-4-2-5-15-29)47-45(49-46)30-16-6-3-7-17-30/h2-27H,1H3. The summed E-state index contributed by atoms with van der Waals surface area (Å²) in [5.74, 6) is 1.96. The quantitative estimate of drug-likeness (QED) is 0.190. The van der Waals surface area contributed by atoms with E-state index in [1.807, 2.05) is 60.7 Å². The molecule has 0 saturated carbocycles. The molecule has 51 heavy (non-hydrogen) atoms. The van der Waals surface area contributed by atoms with Crippen molar-refractivity contribution in [3.63, 3.8) is 0 Å². The summed E-state index contributed by atoms with van der Waals surface area (Å²) in [6, 6.07) is 55.7. The van der Waals surface area contributed by atoms with Gasteiger partial charge < -0.3 is 8.97 Å². The fraction of sp³-hybridized carbons (Fsp3) is 0.0217. The molecular weight excluding hydrogens is 623 g/mol. The minimum atomic E-state index is 0.650. The Morgan fingerprint density at radius 1 is 0.392 bits per heavy atom. The van der Waals surface area contributed by atoms with Gasteiger partial charge in [0.1, 0.15) is 0 Å². The van der Waals surface area contributed by atoms with Gasteiger partial charge in [-0.15, -0.1) is 0 Å². The van der Waals surface area contributed by atoms with Crippen LogP contribution in [0.3, 0.4) is 0 Å². The van der Waals surface area contributed by atoms with E-state index in [0.717, 1.165) is 22.2 Å². The van der Waals surface area contributed by atoms with Gasteiger partial charge in [-0.05, 0) is 42.8 Å². The summed E-state index contributed by atoms with van der Waals surface area (Å²) in [4.78, 5) is 15.1. The second kappa shape index (κ2) is 10.6. The van der Waals surface area contributed by atoms with Crippen molar-refractivity contribution in [2.75, 3.05) is 0 Å². The monoisotopic (exact) mass is 651 g/mol. The molecule has 0 bridgehead atoms. The first kappa shape index (κ1) is 28.0. The lowest BCUT2D eigenvalue weighted by atomic mass is 10.0. The van der Waals surface area contributed by atoms with Gasteiger partial charge in [0, 0.05) is 49.0 Å². The number of fused-ring (bicyclic) bond motifs is 9. The molecule has 238 valence electrons. The van der Waals surface area contributed by atoms with Crippen LogP contribution in [0.2, 0.25) is 0 Å². The van der Waals surface area contributed by atoms with Gasteiger partial charge in [-0.2, -0.15) is 0 Å². The minimum absolute atomic E-state index is 0.650. The van der Waals surface area contributed by atoms with E-state index in [4.69, 9.17) is 15.0 Å². The van der Waals surface area contributed by atoms with E-state index in [1.54, 1.807) is 0 Å². The summed E-state index contributed by atoms with van der Waals surface area (Å²) < 4.78 is 4.90. The van der Waals surface area contributed by atoms with Crippen LogP contribution >= 0.6 is 0 Å². The van der Waals surface area contributed by atoms with E-state index in [1.165, 1.54) is 65.6 Å². The largest absolute Gasteiger partial charge is 0.309 e. The van der Waals surface area contributed by atoms with Gasteiger partial charge in [0.15, 0.2) is 17.5 Å². The van der Waals surface area contributed by atoms with Crippen molar-refractivity contribution in [2.45, 2.75) is 6.92 Å². The van der Waals surface area contributed by atoms with Crippen LogP contribution in [0, 0.1) is 6.92 Å². The molecule has 0 amide bonds. The fourth-order valence-corrected chi connectivity index (χ4v) is 8.21. The highest BCUT2D eigenvalue weighted by Crippen LogP contribution is 2.45. The average Bonchev–Trinajstić information content (AvgIpc) is 3.83. The van der Waals surface area contributed by atoms with Crippen LogP contribution in [0.1, 0.15) is 5.56 Å². The Morgan fingerprint density at radius 3 is 1.47 bits per heavy atom. The van der Waals surface area contributed by atoms with Gasteiger partial charge in [-0.3, -0.25) is 0 Å². The van der Waals surface area contributed by atoms with Crippen molar-refractivity contribution in [2.24, 2.45) is 0 Å². The molecule has 0 saturated heterocycles. The first-order chi connectivity index (χ1) is 25.2. The number of nitrogens with zero attached hydrogens (tertiary/aromatic N) is 5. The molecule has 0 N–H and O–H groups in total. The molecule has 0 fully saturated rings. The SMILES string of the molecule is Cc1c(-n2c3ccccc3c3ccccc32)cc2c3ccccc3n3c4cc(-c5nc(-c6ccccc6)nc(-c6ccccc6)n5)ccc4c1c23. The maximum absolute atomic E-state index is 5.06. The minimum Gasteiger partial charge on any atom is -0.309 e. The topological polar surface area (TPSA) is 48.0 Å². The lowest BCUT2D eigenvalue weighted by Gasteiger charge is -2.13. The summed E-state index contributed by atoms with van der Waals surface area (Å²) in [6.07, 6.45) is 0. The van der Waals surface area contributed by atoms with Gasteiger partial charge in [-0.1, -0.05) is 127 Å². The molecule has 0 aliphatic heterocycles. The van der Waals surface area contributed by atoms with Gasteiger partial charge in [-0.25, -0.2) is 15.0 Å². The average molecular weight is 652 g/mol. The van der Waals surface area contributed by atoms with Crippen LogP contribution in [0.5, 0.6) is 0 Å². The first-order valence-corrected chi connectivity index (χ1v) is 17.3. The predicted octanol–water partition coefficient (Wildman–Crippen LogP) is 11.4. The molecule has 4 heterocycles. The third-order valence-corrected chi connectivity index (χ3v) is 10.5. The van der Waals surface area contributed by atoms with Crippen molar-refractivity contribution in [3.8, 4) is 39.9 Å². The van der Waals surface area contributed by atoms with Gasteiger partial charge in [0.05, 0.1) is 33.3 Å². The highest BCUT2D eigenvalue weighted by atomic mass is 15.0. The van der Waals surface area contributed by atoms with Crippen LogP contribution < -0.4 is 0 Å². The number of benzene rings is 7. The highest BCUT2D eigenvalue weighted by molar-refractivity contribution is 6.25. The highest BCUT2D eigenvalue weighted by Gasteiger charge is 2.24. The Balaban J connectivity index is 1.22. The lowest BCUT2D eigenvalue weighted by molar-refractivity contribution is 1.07. The normalized spacial score (nSPS) is 12.0. The number of aryl methyl sites for hydroxylation is 1. The van der Waals surface area contributed by atoms with Crippen LogP contribution in [0.25, 0.3) is 99.8 Å². The number of aromatic nitrogens is 5. The zero-order valence-corrected chi connectivity index (χ0v) is 27.7. The Kier molecular flexibility index (Phi) is 5.81. The van der Waals surface area contributed by atoms with Crippen LogP contribution in [0.4, 0.5) is 0 Å². The number of para-hydroxylation sites is 3. The summed E-state index contributed by atoms with van der Waals surface area (Å²) >= 11 is 0. The smallest absolute Gasteiger partial charge is 0.164 e. The molecule has 4 aromatic heterocycles. The molecule has 0 unspecified atom stereocenters. The molecule has 0 atom stereocenters. The first-order valence-electron chi connectivity index (χ1n) is 17.3. The Labute approximate surface area is 293 Å². The molecule has 7 aromatic carbocycles. The molecule has 0 spiro atoms. The second-order valence-electron chi connectivity index (χ2n) is 13.3. The zero-order chi connectivity index (χ0) is 33.6. The Bertz CT molecular complexity index is 3030. The Morgan fingerprint density at radius 2 is 0.882 bits per heavy atom. The number of rotatable bonds is 4. The van der Waals surface area contributed by atoms with Gasteiger partial charge >= 0.3 is 0 Å². The maximum atomic E-state index is 5.06. The van der Waals surface area contributed by atoms with Crippen molar-refractivity contribution in [1.82, 2.24) is 23.9 Å². The van der Waals surface area contributed by atoms with Gasteiger partial charge in [0.2, 0.25) is 0 Å². The van der Waals surface area contributed by atoms with E-state index >= 15 is 0 Å². The molecule has 11 aromatic rings.